The van der Waals surface area contributed by atoms with E-state index in [1.807, 2.05) is 0 Å². The van der Waals surface area contributed by atoms with Crippen LogP contribution < -0.4 is 0 Å². The van der Waals surface area contributed by atoms with Gasteiger partial charge in [-0.1, -0.05) is 6.07 Å². The van der Waals surface area contributed by atoms with Crippen LogP contribution in [0.3, 0.4) is 0 Å². The van der Waals surface area contributed by atoms with Gasteiger partial charge in [0.05, 0.1) is 16.2 Å². The number of aromatic carboxylic acids is 1. The number of sulfone groups is 1. The van der Waals surface area contributed by atoms with E-state index < -0.39 is 15.8 Å². The van der Waals surface area contributed by atoms with Crippen molar-refractivity contribution >= 4 is 15.8 Å². The van der Waals surface area contributed by atoms with Gasteiger partial charge in [0.2, 0.25) is 0 Å². The highest BCUT2D eigenvalue weighted by Crippen LogP contribution is 2.21. The second-order valence-electron chi connectivity index (χ2n) is 4.66. The average Bonchev–Trinajstić information content (AvgIpc) is 2.46. The number of hydrogen-bond donors (Lipinski definition) is 1. The van der Waals surface area contributed by atoms with Gasteiger partial charge in [-0.15, -0.1) is 0 Å². The molecular weight excluding hydrogens is 290 g/mol. The number of rotatable bonds is 5. The Morgan fingerprint density at radius 2 is 1.86 bits per heavy atom. The molecule has 110 valence electrons. The maximum absolute atomic E-state index is 12.4. The van der Waals surface area contributed by atoms with Crippen molar-refractivity contribution in [3.05, 3.63) is 59.4 Å². The molecule has 1 aromatic heterocycles. The third-order valence-electron chi connectivity index (χ3n) is 3.26. The molecule has 0 fully saturated rings. The largest absolute Gasteiger partial charge is 0.478 e. The highest BCUT2D eigenvalue weighted by molar-refractivity contribution is 7.91. The Balaban J connectivity index is 2.28. The molecule has 0 radical (unpaired) electrons. The summed E-state index contributed by atoms with van der Waals surface area (Å²) in [4.78, 5) is 15.0. The number of benzene rings is 1. The molecule has 0 amide bonds. The number of aryl methyl sites for hydroxylation is 1. The molecule has 1 heterocycles. The van der Waals surface area contributed by atoms with E-state index in [0.29, 0.717) is 6.42 Å². The molecule has 5 nitrogen and oxygen atoms in total. The lowest BCUT2D eigenvalue weighted by Gasteiger charge is -2.10. The lowest BCUT2D eigenvalue weighted by atomic mass is 10.1. The topological polar surface area (TPSA) is 84.3 Å². The van der Waals surface area contributed by atoms with E-state index in [0.717, 1.165) is 5.56 Å². The zero-order valence-corrected chi connectivity index (χ0v) is 12.3. The molecule has 0 unspecified atom stereocenters. The number of carboxylic acids is 1. The van der Waals surface area contributed by atoms with Crippen molar-refractivity contribution < 1.29 is 18.3 Å². The smallest absolute Gasteiger partial charge is 0.335 e. The highest BCUT2D eigenvalue weighted by atomic mass is 32.2. The Labute approximate surface area is 123 Å². The quantitative estimate of drug-likeness (QED) is 0.914. The summed E-state index contributed by atoms with van der Waals surface area (Å²) in [5, 5.41) is 9.06. The van der Waals surface area contributed by atoms with Crippen LogP contribution in [-0.2, 0) is 16.3 Å². The fraction of sp³-hybridized carbons (Fsp3) is 0.200. The molecule has 0 aliphatic rings. The number of pyridine rings is 1. The third kappa shape index (κ3) is 3.46. The molecule has 0 aliphatic carbocycles. The van der Waals surface area contributed by atoms with Gasteiger partial charge in [0.1, 0.15) is 0 Å². The first-order valence-corrected chi connectivity index (χ1v) is 8.01. The SMILES string of the molecule is Cc1c(C(=O)O)cccc1S(=O)(=O)CCc1ccncc1. The zero-order valence-electron chi connectivity index (χ0n) is 11.5. The van der Waals surface area contributed by atoms with Gasteiger partial charge >= 0.3 is 5.97 Å². The molecule has 0 saturated heterocycles. The fourth-order valence-electron chi connectivity index (χ4n) is 2.09. The van der Waals surface area contributed by atoms with Crippen molar-refractivity contribution in [2.24, 2.45) is 0 Å². The molecule has 0 spiro atoms. The van der Waals surface area contributed by atoms with Gasteiger partial charge in [0.25, 0.3) is 0 Å². The van der Waals surface area contributed by atoms with E-state index in [4.69, 9.17) is 5.11 Å². The van der Waals surface area contributed by atoms with E-state index in [2.05, 4.69) is 4.98 Å². The Kier molecular flexibility index (Phi) is 4.37. The average molecular weight is 305 g/mol. The van der Waals surface area contributed by atoms with E-state index in [1.165, 1.54) is 25.1 Å². The van der Waals surface area contributed by atoms with Crippen LogP contribution in [-0.4, -0.2) is 30.2 Å². The maximum atomic E-state index is 12.4. The summed E-state index contributed by atoms with van der Waals surface area (Å²) < 4.78 is 24.8. The monoisotopic (exact) mass is 305 g/mol. The predicted molar refractivity (Wildman–Crippen MR) is 78.1 cm³/mol. The van der Waals surface area contributed by atoms with Crippen LogP contribution in [0.4, 0.5) is 0 Å². The van der Waals surface area contributed by atoms with Crippen LogP contribution in [0.5, 0.6) is 0 Å². The summed E-state index contributed by atoms with van der Waals surface area (Å²) in [6.45, 7) is 1.52. The molecular formula is C15H15NO4S. The second kappa shape index (κ2) is 6.05. The predicted octanol–water partition coefficient (Wildman–Crippen LogP) is 2.10. The van der Waals surface area contributed by atoms with Crippen molar-refractivity contribution in [1.29, 1.82) is 0 Å². The number of nitrogens with zero attached hydrogens (tertiary/aromatic N) is 1. The molecule has 21 heavy (non-hydrogen) atoms. The van der Waals surface area contributed by atoms with E-state index in [-0.39, 0.29) is 21.8 Å². The summed E-state index contributed by atoms with van der Waals surface area (Å²) in [5.74, 6) is -1.19. The summed E-state index contributed by atoms with van der Waals surface area (Å²) in [5.41, 5.74) is 1.17. The van der Waals surface area contributed by atoms with Gasteiger partial charge in [0, 0.05) is 12.4 Å². The number of hydrogen-bond acceptors (Lipinski definition) is 4. The molecule has 2 aromatic rings. The fourth-order valence-corrected chi connectivity index (χ4v) is 3.68. The minimum atomic E-state index is -3.53. The van der Waals surface area contributed by atoms with Gasteiger partial charge in [-0.3, -0.25) is 4.98 Å². The van der Waals surface area contributed by atoms with E-state index in [9.17, 15) is 13.2 Å². The van der Waals surface area contributed by atoms with Crippen molar-refractivity contribution in [1.82, 2.24) is 4.98 Å². The van der Waals surface area contributed by atoms with Crippen LogP contribution in [0.1, 0.15) is 21.5 Å². The summed E-state index contributed by atoms with van der Waals surface area (Å²) in [6, 6.07) is 7.82. The van der Waals surface area contributed by atoms with Crippen molar-refractivity contribution in [2.45, 2.75) is 18.2 Å². The molecule has 1 N–H and O–H groups in total. The summed E-state index contributed by atoms with van der Waals surface area (Å²) in [6.07, 6.45) is 3.58. The van der Waals surface area contributed by atoms with Gasteiger partial charge in [-0.2, -0.15) is 0 Å². The minimum absolute atomic E-state index is 0.0139. The van der Waals surface area contributed by atoms with E-state index in [1.54, 1.807) is 24.5 Å². The number of carbonyl (C=O) groups is 1. The van der Waals surface area contributed by atoms with Gasteiger partial charge in [-0.05, 0) is 48.7 Å². The first-order chi connectivity index (χ1) is 9.92. The molecule has 0 aliphatic heterocycles. The van der Waals surface area contributed by atoms with Crippen LogP contribution in [0.2, 0.25) is 0 Å². The Bertz CT molecular complexity index is 754. The minimum Gasteiger partial charge on any atom is -0.478 e. The highest BCUT2D eigenvalue weighted by Gasteiger charge is 2.20. The summed E-state index contributed by atoms with van der Waals surface area (Å²) >= 11 is 0. The van der Waals surface area contributed by atoms with Crippen molar-refractivity contribution in [2.75, 3.05) is 5.75 Å². The lowest BCUT2D eigenvalue weighted by molar-refractivity contribution is 0.0696. The normalized spacial score (nSPS) is 11.3. The number of aromatic nitrogens is 1. The number of carboxylic acid groups (broad SMARTS) is 1. The van der Waals surface area contributed by atoms with Gasteiger partial charge in [0.15, 0.2) is 9.84 Å². The second-order valence-corrected chi connectivity index (χ2v) is 6.74. The molecule has 0 atom stereocenters. The Morgan fingerprint density at radius 1 is 1.19 bits per heavy atom. The molecule has 0 saturated carbocycles. The first kappa shape index (κ1) is 15.2. The van der Waals surface area contributed by atoms with Crippen LogP contribution in [0, 0.1) is 6.92 Å². The van der Waals surface area contributed by atoms with Crippen LogP contribution in [0.25, 0.3) is 0 Å². The van der Waals surface area contributed by atoms with Crippen molar-refractivity contribution in [3.63, 3.8) is 0 Å². The Morgan fingerprint density at radius 3 is 2.48 bits per heavy atom. The van der Waals surface area contributed by atoms with Gasteiger partial charge in [-0.25, -0.2) is 13.2 Å². The first-order valence-electron chi connectivity index (χ1n) is 6.36. The van der Waals surface area contributed by atoms with Crippen LogP contribution in [0.15, 0.2) is 47.6 Å². The van der Waals surface area contributed by atoms with Crippen molar-refractivity contribution in [3.8, 4) is 0 Å². The summed E-state index contributed by atoms with van der Waals surface area (Å²) in [7, 11) is -3.53. The van der Waals surface area contributed by atoms with Gasteiger partial charge < -0.3 is 5.11 Å². The third-order valence-corrected chi connectivity index (χ3v) is 5.11. The van der Waals surface area contributed by atoms with Crippen LogP contribution >= 0.6 is 0 Å². The molecule has 2 rings (SSSR count). The van der Waals surface area contributed by atoms with E-state index >= 15 is 0 Å². The molecule has 6 heteroatoms. The lowest BCUT2D eigenvalue weighted by Crippen LogP contribution is -2.13. The Hall–Kier alpha value is -2.21. The maximum Gasteiger partial charge on any atom is 0.335 e. The zero-order chi connectivity index (χ0) is 15.5. The standard InChI is InChI=1S/C15H15NO4S/c1-11-13(15(17)18)3-2-4-14(11)21(19,20)10-7-12-5-8-16-9-6-12/h2-6,8-9H,7,10H2,1H3,(H,17,18). The molecule has 1 aromatic carbocycles. The molecule has 0 bridgehead atoms.